The highest BCUT2D eigenvalue weighted by atomic mass is 32.2. The zero-order valence-corrected chi connectivity index (χ0v) is 13.7. The van der Waals surface area contributed by atoms with Crippen molar-refractivity contribution in [2.45, 2.75) is 18.4 Å². The van der Waals surface area contributed by atoms with Crippen LogP contribution in [0.25, 0.3) is 0 Å². The maximum atomic E-state index is 12.1. The molecule has 0 aliphatic carbocycles. The Morgan fingerprint density at radius 2 is 1.91 bits per heavy atom. The number of rotatable bonds is 6. The average molecular weight is 334 g/mol. The second-order valence-electron chi connectivity index (χ2n) is 4.90. The van der Waals surface area contributed by atoms with E-state index < -0.39 is 10.0 Å². The largest absolute Gasteiger partial charge is 0.496 e. The van der Waals surface area contributed by atoms with Gasteiger partial charge in [0.25, 0.3) is 10.0 Å². The molecule has 0 heterocycles. The first-order valence-corrected chi connectivity index (χ1v) is 8.34. The first kappa shape index (κ1) is 17.0. The molecule has 0 spiro atoms. The van der Waals surface area contributed by atoms with E-state index >= 15 is 0 Å². The molecule has 0 bridgehead atoms. The van der Waals surface area contributed by atoms with Crippen molar-refractivity contribution in [2.24, 2.45) is 5.10 Å². The van der Waals surface area contributed by atoms with Gasteiger partial charge in [0.1, 0.15) is 5.75 Å². The summed E-state index contributed by atoms with van der Waals surface area (Å²) in [6.45, 7) is 1.70. The van der Waals surface area contributed by atoms with Crippen LogP contribution < -0.4 is 9.57 Å². The highest BCUT2D eigenvalue weighted by Crippen LogP contribution is 2.19. The van der Waals surface area contributed by atoms with Gasteiger partial charge in [-0.2, -0.15) is 13.5 Å². The maximum Gasteiger partial charge on any atom is 0.276 e. The zero-order chi connectivity index (χ0) is 16.9. The van der Waals surface area contributed by atoms with Gasteiger partial charge in [0, 0.05) is 5.56 Å². The molecule has 2 N–H and O–H groups in total. The van der Waals surface area contributed by atoms with E-state index in [0.717, 1.165) is 5.56 Å². The number of hydrazone groups is 1. The molecule has 0 amide bonds. The summed E-state index contributed by atoms with van der Waals surface area (Å²) in [5.74, 6) is 0.560. The number of aliphatic hydroxyl groups is 1. The summed E-state index contributed by atoms with van der Waals surface area (Å²) in [6, 6.07) is 11.5. The summed E-state index contributed by atoms with van der Waals surface area (Å²) in [6.07, 6.45) is 1.37. The van der Waals surface area contributed by atoms with E-state index in [1.165, 1.54) is 25.5 Å². The highest BCUT2D eigenvalue weighted by molar-refractivity contribution is 7.89. The van der Waals surface area contributed by atoms with Gasteiger partial charge in [-0.3, -0.25) is 0 Å². The Kier molecular flexibility index (Phi) is 5.36. The van der Waals surface area contributed by atoms with Crippen LogP contribution in [0.15, 0.2) is 52.5 Å². The lowest BCUT2D eigenvalue weighted by molar-refractivity contribution is 0.274. The maximum absolute atomic E-state index is 12.1. The molecule has 0 aliphatic rings. The van der Waals surface area contributed by atoms with Crippen LogP contribution in [0.1, 0.15) is 16.7 Å². The lowest BCUT2D eigenvalue weighted by atomic mass is 10.1. The van der Waals surface area contributed by atoms with E-state index in [1.54, 1.807) is 30.3 Å². The van der Waals surface area contributed by atoms with Gasteiger partial charge >= 0.3 is 0 Å². The van der Waals surface area contributed by atoms with Crippen LogP contribution in [0.3, 0.4) is 0 Å². The monoisotopic (exact) mass is 334 g/mol. The fraction of sp³-hybridized carbons (Fsp3) is 0.188. The van der Waals surface area contributed by atoms with Crippen molar-refractivity contribution in [3.8, 4) is 5.75 Å². The number of hydrogen-bond acceptors (Lipinski definition) is 5. The summed E-state index contributed by atoms with van der Waals surface area (Å²) < 4.78 is 29.2. The van der Waals surface area contributed by atoms with E-state index in [1.807, 2.05) is 6.92 Å². The Labute approximate surface area is 135 Å². The third-order valence-corrected chi connectivity index (χ3v) is 4.43. The van der Waals surface area contributed by atoms with Crippen LogP contribution in [0.2, 0.25) is 0 Å². The number of aliphatic hydroxyl groups excluding tert-OH is 1. The van der Waals surface area contributed by atoms with Gasteiger partial charge in [-0.1, -0.05) is 17.7 Å². The Bertz CT molecular complexity index is 799. The molecule has 7 heteroatoms. The Morgan fingerprint density at radius 1 is 1.22 bits per heavy atom. The minimum absolute atomic E-state index is 0.144. The van der Waals surface area contributed by atoms with E-state index in [9.17, 15) is 13.5 Å². The average Bonchev–Trinajstić information content (AvgIpc) is 2.55. The minimum Gasteiger partial charge on any atom is -0.496 e. The Morgan fingerprint density at radius 3 is 2.52 bits per heavy atom. The second kappa shape index (κ2) is 7.26. The number of nitrogens with zero attached hydrogens (tertiary/aromatic N) is 1. The van der Waals surface area contributed by atoms with Crippen LogP contribution in [0, 0.1) is 6.92 Å². The number of methoxy groups -OCH3 is 1. The Balaban J connectivity index is 2.13. The quantitative estimate of drug-likeness (QED) is 0.623. The van der Waals surface area contributed by atoms with Crippen molar-refractivity contribution in [3.05, 3.63) is 59.2 Å². The number of sulfonamides is 1. The fourth-order valence-electron chi connectivity index (χ4n) is 1.94. The summed E-state index contributed by atoms with van der Waals surface area (Å²) in [5, 5.41) is 13.0. The smallest absolute Gasteiger partial charge is 0.276 e. The van der Waals surface area contributed by atoms with E-state index in [0.29, 0.717) is 16.9 Å². The first-order valence-electron chi connectivity index (χ1n) is 6.85. The zero-order valence-electron chi connectivity index (χ0n) is 12.9. The molecule has 122 valence electrons. The van der Waals surface area contributed by atoms with Crippen molar-refractivity contribution in [1.29, 1.82) is 0 Å². The van der Waals surface area contributed by atoms with Gasteiger partial charge in [0.05, 0.1) is 24.8 Å². The van der Waals surface area contributed by atoms with Crippen LogP contribution in [-0.4, -0.2) is 26.8 Å². The van der Waals surface area contributed by atoms with Gasteiger partial charge in [-0.05, 0) is 42.8 Å². The molecular weight excluding hydrogens is 316 g/mol. The predicted molar refractivity (Wildman–Crippen MR) is 88.0 cm³/mol. The Hall–Kier alpha value is -2.38. The number of ether oxygens (including phenoxy) is 1. The van der Waals surface area contributed by atoms with E-state index in [-0.39, 0.29) is 11.5 Å². The van der Waals surface area contributed by atoms with E-state index in [4.69, 9.17) is 4.74 Å². The summed E-state index contributed by atoms with van der Waals surface area (Å²) >= 11 is 0. The molecule has 6 nitrogen and oxygen atoms in total. The molecule has 2 aromatic carbocycles. The summed E-state index contributed by atoms with van der Waals surface area (Å²) in [4.78, 5) is 2.30. The predicted octanol–water partition coefficient (Wildman–Crippen LogP) is 1.81. The van der Waals surface area contributed by atoms with Gasteiger partial charge in [0.15, 0.2) is 0 Å². The molecule has 0 fully saturated rings. The molecule has 0 saturated carbocycles. The topological polar surface area (TPSA) is 88.0 Å². The first-order chi connectivity index (χ1) is 11.0. The summed E-state index contributed by atoms with van der Waals surface area (Å²) in [7, 11) is -2.19. The molecule has 0 radical (unpaired) electrons. The SMILES string of the molecule is COc1ccc(C=NNS(=O)(=O)c2ccc(C)cc2)cc1CO. The number of hydrogen-bond donors (Lipinski definition) is 2. The lowest BCUT2D eigenvalue weighted by Crippen LogP contribution is -2.18. The number of aryl methyl sites for hydroxylation is 1. The molecule has 0 unspecified atom stereocenters. The molecule has 0 aliphatic heterocycles. The van der Waals surface area contributed by atoms with Crippen LogP contribution >= 0.6 is 0 Å². The van der Waals surface area contributed by atoms with Crippen molar-refractivity contribution in [2.75, 3.05) is 7.11 Å². The van der Waals surface area contributed by atoms with Crippen LogP contribution in [0.4, 0.5) is 0 Å². The van der Waals surface area contributed by atoms with Gasteiger partial charge in [-0.25, -0.2) is 4.83 Å². The van der Waals surface area contributed by atoms with Gasteiger partial charge in [-0.15, -0.1) is 0 Å². The standard InChI is InChI=1S/C16H18N2O4S/c1-12-3-6-15(7-4-12)23(20,21)18-17-10-13-5-8-16(22-2)14(9-13)11-19/h3-10,18-19H,11H2,1-2H3. The third-order valence-electron chi connectivity index (χ3n) is 3.19. The molecular formula is C16H18N2O4S. The van der Waals surface area contributed by atoms with Crippen molar-refractivity contribution < 1.29 is 18.3 Å². The van der Waals surface area contributed by atoms with Gasteiger partial charge < -0.3 is 9.84 Å². The van der Waals surface area contributed by atoms with Gasteiger partial charge in [0.2, 0.25) is 0 Å². The normalized spacial score (nSPS) is 11.6. The number of nitrogens with one attached hydrogen (secondary N) is 1. The fourth-order valence-corrected chi connectivity index (χ4v) is 2.73. The van der Waals surface area contributed by atoms with Crippen LogP contribution in [-0.2, 0) is 16.6 Å². The molecule has 0 atom stereocenters. The molecule has 2 rings (SSSR count). The molecule has 2 aromatic rings. The molecule has 23 heavy (non-hydrogen) atoms. The van der Waals surface area contributed by atoms with Crippen molar-refractivity contribution in [1.82, 2.24) is 4.83 Å². The lowest BCUT2D eigenvalue weighted by Gasteiger charge is -2.07. The van der Waals surface area contributed by atoms with Crippen molar-refractivity contribution in [3.63, 3.8) is 0 Å². The molecule has 0 aromatic heterocycles. The molecule has 0 saturated heterocycles. The minimum atomic E-state index is -3.70. The highest BCUT2D eigenvalue weighted by Gasteiger charge is 2.11. The number of benzene rings is 2. The third kappa shape index (κ3) is 4.30. The summed E-state index contributed by atoms with van der Waals surface area (Å²) in [5.41, 5.74) is 2.21. The van der Waals surface area contributed by atoms with E-state index in [2.05, 4.69) is 9.93 Å². The van der Waals surface area contributed by atoms with Crippen molar-refractivity contribution >= 4 is 16.2 Å². The van der Waals surface area contributed by atoms with Crippen LogP contribution in [0.5, 0.6) is 5.75 Å². The second-order valence-corrected chi connectivity index (χ2v) is 6.56.